The average molecular weight is 337 g/mol. The molecule has 0 aliphatic heterocycles. The lowest BCUT2D eigenvalue weighted by atomic mass is 10.2. The van der Waals surface area contributed by atoms with E-state index in [9.17, 15) is 9.59 Å². The molecule has 9 heteroatoms. The number of nitrogens with zero attached hydrogens (tertiary/aromatic N) is 6. The normalized spacial score (nSPS) is 13.4. The van der Waals surface area contributed by atoms with Gasteiger partial charge < -0.3 is 4.57 Å². The maximum absolute atomic E-state index is 12.4. The van der Waals surface area contributed by atoms with Crippen LogP contribution < -0.4 is 11.0 Å². The average Bonchev–Trinajstić information content (AvgIpc) is 3.29. The van der Waals surface area contributed by atoms with Crippen molar-refractivity contribution >= 4 is 17.9 Å². The summed E-state index contributed by atoms with van der Waals surface area (Å²) >= 11 is 0. The largest absolute Gasteiger partial charge is 0.304 e. The molecule has 0 fully saturated rings. The summed E-state index contributed by atoms with van der Waals surface area (Å²) in [6.07, 6.45) is 8.48. The van der Waals surface area contributed by atoms with E-state index in [0.717, 1.165) is 24.1 Å². The van der Waals surface area contributed by atoms with Gasteiger partial charge in [-0.3, -0.25) is 14.6 Å². The van der Waals surface area contributed by atoms with Gasteiger partial charge in [0.1, 0.15) is 12.9 Å². The SMILES string of the molecule is O=C(Cn1c2c(c(=O)n3ncnc13)CCC2)N/N=C/c1cccnc1. The van der Waals surface area contributed by atoms with Crippen LogP contribution in [0.1, 0.15) is 23.2 Å². The molecule has 1 amide bonds. The molecule has 25 heavy (non-hydrogen) atoms. The van der Waals surface area contributed by atoms with Crippen LogP contribution in [0.25, 0.3) is 5.78 Å². The van der Waals surface area contributed by atoms with Crippen LogP contribution in [-0.4, -0.2) is 36.3 Å². The van der Waals surface area contributed by atoms with Crippen molar-refractivity contribution in [2.45, 2.75) is 25.8 Å². The van der Waals surface area contributed by atoms with Crippen LogP contribution in [0.4, 0.5) is 0 Å². The molecule has 1 aliphatic carbocycles. The summed E-state index contributed by atoms with van der Waals surface area (Å²) in [5, 5.41) is 7.90. The Morgan fingerprint density at radius 1 is 1.40 bits per heavy atom. The van der Waals surface area contributed by atoms with Gasteiger partial charge in [-0.15, -0.1) is 0 Å². The molecule has 3 heterocycles. The van der Waals surface area contributed by atoms with Crippen molar-refractivity contribution in [3.63, 3.8) is 0 Å². The van der Waals surface area contributed by atoms with Crippen molar-refractivity contribution in [2.75, 3.05) is 0 Å². The first-order valence-electron chi connectivity index (χ1n) is 7.90. The third-order valence-electron chi connectivity index (χ3n) is 4.13. The molecule has 126 valence electrons. The molecule has 0 saturated carbocycles. The molecular weight excluding hydrogens is 322 g/mol. The Morgan fingerprint density at radius 2 is 2.32 bits per heavy atom. The molecule has 0 bridgehead atoms. The second-order valence-electron chi connectivity index (χ2n) is 5.72. The Kier molecular flexibility index (Phi) is 3.81. The number of fused-ring (bicyclic) bond motifs is 2. The molecule has 4 rings (SSSR count). The van der Waals surface area contributed by atoms with E-state index in [2.05, 4.69) is 25.6 Å². The predicted octanol–water partition coefficient (Wildman–Crippen LogP) is -0.0750. The zero-order valence-corrected chi connectivity index (χ0v) is 13.3. The van der Waals surface area contributed by atoms with Crippen LogP contribution in [0, 0.1) is 0 Å². The Balaban J connectivity index is 1.58. The summed E-state index contributed by atoms with van der Waals surface area (Å²) in [7, 11) is 0. The summed E-state index contributed by atoms with van der Waals surface area (Å²) < 4.78 is 2.99. The molecule has 1 aliphatic rings. The van der Waals surface area contributed by atoms with Gasteiger partial charge in [0.2, 0.25) is 5.78 Å². The number of nitrogens with one attached hydrogen (secondary N) is 1. The Morgan fingerprint density at radius 3 is 3.16 bits per heavy atom. The molecular formula is C16H15N7O2. The van der Waals surface area contributed by atoms with Crippen molar-refractivity contribution in [1.82, 2.24) is 29.6 Å². The highest BCUT2D eigenvalue weighted by molar-refractivity contribution is 5.82. The molecule has 0 spiro atoms. The molecule has 0 saturated heterocycles. The van der Waals surface area contributed by atoms with E-state index in [1.807, 2.05) is 6.07 Å². The van der Waals surface area contributed by atoms with Gasteiger partial charge in [-0.1, -0.05) is 6.07 Å². The van der Waals surface area contributed by atoms with Gasteiger partial charge in [-0.2, -0.15) is 19.7 Å². The molecule has 0 unspecified atom stereocenters. The highest BCUT2D eigenvalue weighted by atomic mass is 16.2. The Hall–Kier alpha value is -3.36. The van der Waals surface area contributed by atoms with Crippen molar-refractivity contribution in [3.8, 4) is 0 Å². The quantitative estimate of drug-likeness (QED) is 0.529. The van der Waals surface area contributed by atoms with Crippen molar-refractivity contribution in [2.24, 2.45) is 5.10 Å². The van der Waals surface area contributed by atoms with Gasteiger partial charge in [0.25, 0.3) is 11.5 Å². The van der Waals surface area contributed by atoms with E-state index in [0.29, 0.717) is 17.8 Å². The topological polar surface area (TPSA) is 107 Å². The highest BCUT2D eigenvalue weighted by Gasteiger charge is 2.23. The maximum Gasteiger partial charge on any atom is 0.279 e. The summed E-state index contributed by atoms with van der Waals surface area (Å²) in [4.78, 5) is 32.7. The third-order valence-corrected chi connectivity index (χ3v) is 4.13. The molecule has 9 nitrogen and oxygen atoms in total. The van der Waals surface area contributed by atoms with Crippen molar-refractivity contribution in [3.05, 3.63) is 58.0 Å². The second kappa shape index (κ2) is 6.27. The van der Waals surface area contributed by atoms with Gasteiger partial charge in [-0.25, -0.2) is 5.43 Å². The van der Waals surface area contributed by atoms with E-state index in [-0.39, 0.29) is 18.0 Å². The van der Waals surface area contributed by atoms with E-state index < -0.39 is 0 Å². The highest BCUT2D eigenvalue weighted by Crippen LogP contribution is 2.19. The summed E-state index contributed by atoms with van der Waals surface area (Å²) in [6, 6.07) is 3.62. The summed E-state index contributed by atoms with van der Waals surface area (Å²) in [5.41, 5.74) is 4.70. The van der Waals surface area contributed by atoms with Crippen LogP contribution in [0.5, 0.6) is 0 Å². The zero-order chi connectivity index (χ0) is 17.2. The van der Waals surface area contributed by atoms with Gasteiger partial charge >= 0.3 is 0 Å². The molecule has 3 aromatic rings. The lowest BCUT2D eigenvalue weighted by Gasteiger charge is -2.12. The van der Waals surface area contributed by atoms with Gasteiger partial charge in [0.15, 0.2) is 0 Å². The molecule has 0 aromatic carbocycles. The third kappa shape index (κ3) is 2.80. The van der Waals surface area contributed by atoms with Gasteiger partial charge in [0, 0.05) is 29.2 Å². The van der Waals surface area contributed by atoms with Crippen LogP contribution in [0.3, 0.4) is 0 Å². The second-order valence-corrected chi connectivity index (χ2v) is 5.72. The minimum Gasteiger partial charge on any atom is -0.304 e. The van der Waals surface area contributed by atoms with E-state index in [4.69, 9.17) is 0 Å². The standard InChI is InChI=1S/C16H15N7O2/c24-14(21-19-8-11-3-2-6-17-7-11)9-22-13-5-1-4-12(13)15(25)23-16(22)18-10-20-23/h2-3,6-8,10H,1,4-5,9H2,(H,21,24)/b19-8+. The summed E-state index contributed by atoms with van der Waals surface area (Å²) in [6.45, 7) is 0.0230. The van der Waals surface area contributed by atoms with E-state index in [1.54, 1.807) is 23.0 Å². The number of amides is 1. The molecule has 0 radical (unpaired) electrons. The van der Waals surface area contributed by atoms with Crippen molar-refractivity contribution in [1.29, 1.82) is 0 Å². The number of hydrazone groups is 1. The fourth-order valence-corrected chi connectivity index (χ4v) is 3.04. The minimum atomic E-state index is -0.303. The zero-order valence-electron chi connectivity index (χ0n) is 13.3. The maximum atomic E-state index is 12.4. The minimum absolute atomic E-state index is 0.0230. The van der Waals surface area contributed by atoms with Crippen LogP contribution >= 0.6 is 0 Å². The fraction of sp³-hybridized carbons (Fsp3) is 0.250. The number of rotatable bonds is 4. The number of hydrogen-bond donors (Lipinski definition) is 1. The lowest BCUT2D eigenvalue weighted by molar-refractivity contribution is -0.121. The van der Waals surface area contributed by atoms with Crippen LogP contribution in [0.2, 0.25) is 0 Å². The Labute approximate surface area is 142 Å². The number of pyridine rings is 1. The smallest absolute Gasteiger partial charge is 0.279 e. The Bertz CT molecular complexity index is 1020. The van der Waals surface area contributed by atoms with Crippen molar-refractivity contribution < 1.29 is 4.79 Å². The lowest BCUT2D eigenvalue weighted by Crippen LogP contribution is -2.30. The van der Waals surface area contributed by atoms with Crippen LogP contribution in [0.15, 0.2) is 40.7 Å². The number of carbonyl (C=O) groups is 1. The first-order valence-corrected chi connectivity index (χ1v) is 7.90. The van der Waals surface area contributed by atoms with Crippen LogP contribution in [-0.2, 0) is 24.2 Å². The first kappa shape index (κ1) is 15.2. The fourth-order valence-electron chi connectivity index (χ4n) is 3.04. The summed E-state index contributed by atoms with van der Waals surface area (Å²) in [5.74, 6) is 0.0693. The predicted molar refractivity (Wildman–Crippen MR) is 89.2 cm³/mol. The molecule has 1 N–H and O–H groups in total. The monoisotopic (exact) mass is 337 g/mol. The van der Waals surface area contributed by atoms with E-state index in [1.165, 1.54) is 17.1 Å². The van der Waals surface area contributed by atoms with Gasteiger partial charge in [-0.05, 0) is 25.3 Å². The number of hydrogen-bond acceptors (Lipinski definition) is 6. The molecule has 0 atom stereocenters. The molecule has 3 aromatic heterocycles. The number of carbonyl (C=O) groups excluding carboxylic acids is 1. The van der Waals surface area contributed by atoms with E-state index >= 15 is 0 Å². The number of aromatic nitrogens is 5. The van der Waals surface area contributed by atoms with Gasteiger partial charge in [0.05, 0.1) is 6.21 Å². The first-order chi connectivity index (χ1) is 12.2.